The van der Waals surface area contributed by atoms with Crippen LogP contribution in [0.3, 0.4) is 0 Å². The SMILES string of the molecule is CC/C=C(\CCC)c1cccc2c1OC(C)(c1ccc(Cl)cc1F)O2. The van der Waals surface area contributed by atoms with Crippen molar-refractivity contribution in [2.75, 3.05) is 0 Å². The normalized spacial score (nSPS) is 19.3. The molecule has 2 nitrogen and oxygen atoms in total. The first-order valence-corrected chi connectivity index (χ1v) is 9.02. The molecule has 132 valence electrons. The van der Waals surface area contributed by atoms with Gasteiger partial charge >= 0.3 is 0 Å². The minimum absolute atomic E-state index is 0.329. The number of hydrogen-bond donors (Lipinski definition) is 0. The summed E-state index contributed by atoms with van der Waals surface area (Å²) in [5.41, 5.74) is 2.57. The maximum atomic E-state index is 14.4. The van der Waals surface area contributed by atoms with Crippen molar-refractivity contribution in [2.24, 2.45) is 0 Å². The van der Waals surface area contributed by atoms with Gasteiger partial charge in [0.2, 0.25) is 0 Å². The van der Waals surface area contributed by atoms with E-state index >= 15 is 0 Å². The van der Waals surface area contributed by atoms with E-state index in [0.29, 0.717) is 22.1 Å². The summed E-state index contributed by atoms with van der Waals surface area (Å²) in [6.07, 6.45) is 5.16. The molecule has 4 heteroatoms. The third-order valence-electron chi connectivity index (χ3n) is 4.32. The van der Waals surface area contributed by atoms with E-state index in [9.17, 15) is 4.39 Å². The summed E-state index contributed by atoms with van der Waals surface area (Å²) in [5, 5.41) is 0.345. The van der Waals surface area contributed by atoms with Crippen molar-refractivity contribution in [2.45, 2.75) is 45.8 Å². The fourth-order valence-corrected chi connectivity index (χ4v) is 3.37. The molecule has 25 heavy (non-hydrogen) atoms. The molecule has 0 radical (unpaired) electrons. The summed E-state index contributed by atoms with van der Waals surface area (Å²) in [4.78, 5) is 0. The predicted octanol–water partition coefficient (Wildman–Crippen LogP) is 6.72. The quantitative estimate of drug-likeness (QED) is 0.589. The molecule has 0 aromatic heterocycles. The Kier molecular flexibility index (Phi) is 5.05. The first kappa shape index (κ1) is 17.8. The lowest BCUT2D eigenvalue weighted by molar-refractivity contribution is -0.0708. The molecule has 1 aliphatic heterocycles. The highest BCUT2D eigenvalue weighted by atomic mass is 35.5. The summed E-state index contributed by atoms with van der Waals surface area (Å²) in [7, 11) is 0. The van der Waals surface area contributed by atoms with E-state index in [1.807, 2.05) is 18.2 Å². The molecule has 1 heterocycles. The molecular weight excluding hydrogens is 339 g/mol. The van der Waals surface area contributed by atoms with Gasteiger partial charge in [-0.1, -0.05) is 50.1 Å². The summed E-state index contributed by atoms with van der Waals surface area (Å²) >= 11 is 5.87. The topological polar surface area (TPSA) is 18.5 Å². The van der Waals surface area contributed by atoms with Gasteiger partial charge in [-0.2, -0.15) is 0 Å². The van der Waals surface area contributed by atoms with E-state index < -0.39 is 11.6 Å². The smallest absolute Gasteiger partial charge is 0.278 e. The Morgan fingerprint density at radius 2 is 2.00 bits per heavy atom. The number of ether oxygens (including phenoxy) is 2. The zero-order valence-electron chi connectivity index (χ0n) is 14.7. The zero-order valence-corrected chi connectivity index (χ0v) is 15.5. The fraction of sp³-hybridized carbons (Fsp3) is 0.333. The minimum atomic E-state index is -1.21. The number of halogens is 2. The summed E-state index contributed by atoms with van der Waals surface area (Å²) in [6.45, 7) is 5.99. The largest absolute Gasteiger partial charge is 0.444 e. The summed E-state index contributed by atoms with van der Waals surface area (Å²) < 4.78 is 26.6. The van der Waals surface area contributed by atoms with Gasteiger partial charge in [-0.15, -0.1) is 0 Å². The lowest BCUT2D eigenvalue weighted by Gasteiger charge is -2.24. The summed E-state index contributed by atoms with van der Waals surface area (Å²) in [5.74, 6) is -0.349. The molecule has 0 fully saturated rings. The number of fused-ring (bicyclic) bond motifs is 1. The first-order valence-electron chi connectivity index (χ1n) is 8.64. The Bertz CT molecular complexity index is 816. The van der Waals surface area contributed by atoms with Gasteiger partial charge in [0.1, 0.15) is 5.82 Å². The second kappa shape index (κ2) is 7.09. The summed E-state index contributed by atoms with van der Waals surface area (Å²) in [6, 6.07) is 10.4. The lowest BCUT2D eigenvalue weighted by atomic mass is 9.99. The predicted molar refractivity (Wildman–Crippen MR) is 99.6 cm³/mol. The second-order valence-corrected chi connectivity index (χ2v) is 6.73. The third kappa shape index (κ3) is 3.38. The lowest BCUT2D eigenvalue weighted by Crippen LogP contribution is -2.32. The zero-order chi connectivity index (χ0) is 18.0. The van der Waals surface area contributed by atoms with Crippen LogP contribution >= 0.6 is 11.6 Å². The van der Waals surface area contributed by atoms with E-state index in [1.165, 1.54) is 11.6 Å². The van der Waals surface area contributed by atoms with Gasteiger partial charge in [-0.3, -0.25) is 0 Å². The molecule has 0 bridgehead atoms. The molecule has 1 atom stereocenters. The number of allylic oxidation sites excluding steroid dienone is 2. The van der Waals surface area contributed by atoms with Gasteiger partial charge in [-0.05, 0) is 42.7 Å². The molecule has 0 saturated heterocycles. The molecule has 0 amide bonds. The van der Waals surface area contributed by atoms with Crippen LogP contribution in [0, 0.1) is 5.82 Å². The van der Waals surface area contributed by atoms with Gasteiger partial charge in [0.15, 0.2) is 11.5 Å². The molecule has 2 aromatic rings. The Labute approximate surface area is 153 Å². The highest BCUT2D eigenvalue weighted by Gasteiger charge is 2.42. The van der Waals surface area contributed by atoms with Crippen molar-refractivity contribution in [1.29, 1.82) is 0 Å². The van der Waals surface area contributed by atoms with E-state index in [1.54, 1.807) is 19.1 Å². The van der Waals surface area contributed by atoms with Crippen LogP contribution in [-0.4, -0.2) is 0 Å². The molecule has 1 aliphatic rings. The van der Waals surface area contributed by atoms with Crippen LogP contribution in [0.4, 0.5) is 4.39 Å². The number of hydrogen-bond acceptors (Lipinski definition) is 2. The maximum absolute atomic E-state index is 14.4. The van der Waals surface area contributed by atoms with Crippen LogP contribution in [0.5, 0.6) is 11.5 Å². The molecular formula is C21H22ClFO2. The van der Waals surface area contributed by atoms with Crippen LogP contribution in [-0.2, 0) is 5.79 Å². The molecule has 3 rings (SSSR count). The van der Waals surface area contributed by atoms with Crippen LogP contribution in [0.2, 0.25) is 5.02 Å². The molecule has 1 unspecified atom stereocenters. The number of benzene rings is 2. The number of rotatable bonds is 5. The highest BCUT2D eigenvalue weighted by molar-refractivity contribution is 6.30. The van der Waals surface area contributed by atoms with Gasteiger partial charge in [-0.25, -0.2) is 4.39 Å². The van der Waals surface area contributed by atoms with Gasteiger partial charge in [0.25, 0.3) is 5.79 Å². The van der Waals surface area contributed by atoms with Gasteiger partial charge in [0, 0.05) is 17.5 Å². The van der Waals surface area contributed by atoms with Crippen molar-refractivity contribution in [3.05, 3.63) is 64.4 Å². The van der Waals surface area contributed by atoms with Crippen molar-refractivity contribution < 1.29 is 13.9 Å². The highest BCUT2D eigenvalue weighted by Crippen LogP contribution is 2.48. The van der Waals surface area contributed by atoms with Crippen molar-refractivity contribution >= 4 is 17.2 Å². The Balaban J connectivity index is 2.03. The maximum Gasteiger partial charge on any atom is 0.278 e. The van der Waals surface area contributed by atoms with E-state index in [0.717, 1.165) is 24.8 Å². The Morgan fingerprint density at radius 1 is 1.20 bits per heavy atom. The fourth-order valence-electron chi connectivity index (χ4n) is 3.21. The molecule has 2 aromatic carbocycles. The van der Waals surface area contributed by atoms with E-state index in [4.69, 9.17) is 21.1 Å². The minimum Gasteiger partial charge on any atom is -0.444 e. The average molecular weight is 361 g/mol. The molecule has 0 N–H and O–H groups in total. The van der Waals surface area contributed by atoms with Gasteiger partial charge in [0.05, 0.1) is 5.56 Å². The third-order valence-corrected chi connectivity index (χ3v) is 4.55. The standard InChI is InChI=1S/C21H22ClFO2/c1-4-7-14(8-5-2)16-9-6-10-19-20(16)25-21(3,24-19)17-12-11-15(22)13-18(17)23/h6-7,9-13H,4-5,8H2,1-3H3/b14-7+. The Hall–Kier alpha value is -2.00. The molecule has 0 spiro atoms. The van der Waals surface area contributed by atoms with Gasteiger partial charge < -0.3 is 9.47 Å². The second-order valence-electron chi connectivity index (χ2n) is 6.29. The molecule has 0 saturated carbocycles. The van der Waals surface area contributed by atoms with Crippen LogP contribution < -0.4 is 9.47 Å². The number of para-hydroxylation sites is 1. The van der Waals surface area contributed by atoms with E-state index in [-0.39, 0.29) is 0 Å². The van der Waals surface area contributed by atoms with E-state index in [2.05, 4.69) is 19.9 Å². The molecule has 0 aliphatic carbocycles. The van der Waals surface area contributed by atoms with Crippen molar-refractivity contribution in [3.63, 3.8) is 0 Å². The van der Waals surface area contributed by atoms with Crippen LogP contribution in [0.25, 0.3) is 5.57 Å². The van der Waals surface area contributed by atoms with Crippen LogP contribution in [0.1, 0.15) is 51.2 Å². The van der Waals surface area contributed by atoms with Crippen molar-refractivity contribution in [3.8, 4) is 11.5 Å². The van der Waals surface area contributed by atoms with Crippen LogP contribution in [0.15, 0.2) is 42.5 Å². The van der Waals surface area contributed by atoms with Crippen molar-refractivity contribution in [1.82, 2.24) is 0 Å². The first-order chi connectivity index (χ1) is 12.0. The monoisotopic (exact) mass is 360 g/mol. The average Bonchev–Trinajstić information content (AvgIpc) is 2.91. The Morgan fingerprint density at radius 3 is 2.68 bits per heavy atom.